The quantitative estimate of drug-likeness (QED) is 0.636. The monoisotopic (exact) mass is 275 g/mol. The van der Waals surface area contributed by atoms with Gasteiger partial charge in [-0.3, -0.25) is 9.36 Å². The SMILES string of the molecule is CCP(=O)(NCC(=O)OC)Oc1ccc(F)cc1. The van der Waals surface area contributed by atoms with Crippen LogP contribution in [0.1, 0.15) is 6.92 Å². The summed E-state index contributed by atoms with van der Waals surface area (Å²) in [5, 5.41) is 2.52. The molecule has 7 heteroatoms. The van der Waals surface area contributed by atoms with Gasteiger partial charge in [0.25, 0.3) is 0 Å². The standard InChI is InChI=1S/C11H15FNO4P/c1-3-18(15,13-8-11(14)16-2)17-10-6-4-9(12)5-7-10/h4-7H,3,8H2,1-2H3,(H,13,15). The molecule has 0 radical (unpaired) electrons. The highest BCUT2D eigenvalue weighted by atomic mass is 31.2. The number of carbonyl (C=O) groups excluding carboxylic acids is 1. The largest absolute Gasteiger partial charge is 0.468 e. The molecule has 1 N–H and O–H groups in total. The topological polar surface area (TPSA) is 64.6 Å². The van der Waals surface area contributed by atoms with Crippen molar-refractivity contribution < 1.29 is 23.0 Å². The molecule has 0 bridgehead atoms. The van der Waals surface area contributed by atoms with Crippen molar-refractivity contribution in [1.29, 1.82) is 0 Å². The lowest BCUT2D eigenvalue weighted by Gasteiger charge is -2.18. The van der Waals surface area contributed by atoms with E-state index in [-0.39, 0.29) is 18.5 Å². The maximum atomic E-state index is 12.7. The van der Waals surface area contributed by atoms with Crippen LogP contribution in [0.3, 0.4) is 0 Å². The third-order valence-corrected chi connectivity index (χ3v) is 4.15. The van der Waals surface area contributed by atoms with E-state index in [0.717, 1.165) is 0 Å². The molecule has 1 aromatic carbocycles. The molecule has 0 aliphatic carbocycles. The molecule has 1 unspecified atom stereocenters. The van der Waals surface area contributed by atoms with Gasteiger partial charge in [0, 0.05) is 6.16 Å². The number of ether oxygens (including phenoxy) is 1. The van der Waals surface area contributed by atoms with E-state index in [2.05, 4.69) is 9.82 Å². The second kappa shape index (κ2) is 6.52. The zero-order valence-electron chi connectivity index (χ0n) is 10.2. The van der Waals surface area contributed by atoms with E-state index in [0.29, 0.717) is 0 Å². The second-order valence-corrected chi connectivity index (χ2v) is 5.92. The molecule has 0 amide bonds. The summed E-state index contributed by atoms with van der Waals surface area (Å²) in [6.07, 6.45) is 0.196. The average Bonchev–Trinajstić information content (AvgIpc) is 2.39. The second-order valence-electron chi connectivity index (χ2n) is 3.45. The summed E-state index contributed by atoms with van der Waals surface area (Å²) in [6.45, 7) is 1.46. The number of rotatable bonds is 6. The molecule has 0 aliphatic rings. The third kappa shape index (κ3) is 4.47. The maximum Gasteiger partial charge on any atom is 0.320 e. The molecule has 0 saturated heterocycles. The smallest absolute Gasteiger partial charge is 0.320 e. The van der Waals surface area contributed by atoms with Gasteiger partial charge in [0.05, 0.1) is 7.11 Å². The van der Waals surface area contributed by atoms with Crippen LogP contribution >= 0.6 is 7.52 Å². The summed E-state index contributed by atoms with van der Waals surface area (Å²) in [5.41, 5.74) is 0. The van der Waals surface area contributed by atoms with Crippen molar-refractivity contribution in [3.05, 3.63) is 30.1 Å². The number of hydrogen-bond acceptors (Lipinski definition) is 4. The molecule has 0 spiro atoms. The first-order chi connectivity index (χ1) is 8.49. The van der Waals surface area contributed by atoms with Crippen LogP contribution in [-0.2, 0) is 14.1 Å². The highest BCUT2D eigenvalue weighted by Gasteiger charge is 2.23. The fourth-order valence-corrected chi connectivity index (χ4v) is 2.38. The van der Waals surface area contributed by atoms with Crippen LogP contribution in [0.25, 0.3) is 0 Å². The fourth-order valence-electron chi connectivity index (χ4n) is 1.13. The summed E-state index contributed by atoms with van der Waals surface area (Å²) in [7, 11) is -1.94. The third-order valence-electron chi connectivity index (χ3n) is 2.17. The molecule has 0 fully saturated rings. The minimum absolute atomic E-state index is 0.196. The number of esters is 1. The van der Waals surface area contributed by atoms with Gasteiger partial charge in [0.2, 0.25) is 0 Å². The first-order valence-electron chi connectivity index (χ1n) is 5.35. The van der Waals surface area contributed by atoms with Crippen molar-refractivity contribution in [1.82, 2.24) is 5.09 Å². The molecule has 5 nitrogen and oxygen atoms in total. The molecular weight excluding hydrogens is 260 g/mol. The predicted molar refractivity (Wildman–Crippen MR) is 65.2 cm³/mol. The van der Waals surface area contributed by atoms with E-state index in [1.165, 1.54) is 31.4 Å². The Morgan fingerprint density at radius 2 is 2.00 bits per heavy atom. The Bertz CT molecular complexity index is 449. The number of methoxy groups -OCH3 is 1. The van der Waals surface area contributed by atoms with Crippen molar-refractivity contribution in [2.24, 2.45) is 0 Å². The minimum Gasteiger partial charge on any atom is -0.468 e. The van der Waals surface area contributed by atoms with E-state index in [1.54, 1.807) is 6.92 Å². The molecule has 1 rings (SSSR count). The summed E-state index contributed by atoms with van der Waals surface area (Å²) < 4.78 is 34.6. The van der Waals surface area contributed by atoms with Gasteiger partial charge < -0.3 is 9.26 Å². The highest BCUT2D eigenvalue weighted by Crippen LogP contribution is 2.42. The molecule has 0 heterocycles. The number of hydrogen-bond donors (Lipinski definition) is 1. The normalized spacial score (nSPS) is 13.7. The Hall–Kier alpha value is -1.39. The summed E-state index contributed by atoms with van der Waals surface area (Å²) in [4.78, 5) is 11.0. The van der Waals surface area contributed by atoms with Crippen LogP contribution < -0.4 is 9.61 Å². The molecule has 0 aromatic heterocycles. The molecule has 0 aliphatic heterocycles. The Kier molecular flexibility index (Phi) is 5.31. The Morgan fingerprint density at radius 1 is 1.39 bits per heavy atom. The van der Waals surface area contributed by atoms with Gasteiger partial charge in [0.15, 0.2) is 0 Å². The molecule has 0 saturated carbocycles. The Balaban J connectivity index is 2.67. The lowest BCUT2D eigenvalue weighted by atomic mass is 10.3. The van der Waals surface area contributed by atoms with Crippen LogP contribution in [-0.4, -0.2) is 25.8 Å². The van der Waals surface area contributed by atoms with Crippen LogP contribution in [0, 0.1) is 5.82 Å². The predicted octanol–water partition coefficient (Wildman–Crippen LogP) is 2.18. The average molecular weight is 275 g/mol. The van der Waals surface area contributed by atoms with Crippen LogP contribution in [0.2, 0.25) is 0 Å². The van der Waals surface area contributed by atoms with Crippen LogP contribution in [0.15, 0.2) is 24.3 Å². The Morgan fingerprint density at radius 3 is 2.50 bits per heavy atom. The first kappa shape index (κ1) is 14.7. The van der Waals surface area contributed by atoms with E-state index in [1.807, 2.05) is 0 Å². The van der Waals surface area contributed by atoms with Crippen LogP contribution in [0.4, 0.5) is 4.39 Å². The summed E-state index contributed by atoms with van der Waals surface area (Å²) in [6, 6.07) is 5.15. The van der Waals surface area contributed by atoms with E-state index in [9.17, 15) is 13.8 Å². The molecule has 18 heavy (non-hydrogen) atoms. The number of carbonyl (C=O) groups is 1. The highest BCUT2D eigenvalue weighted by molar-refractivity contribution is 7.57. The van der Waals surface area contributed by atoms with Crippen molar-refractivity contribution in [3.63, 3.8) is 0 Å². The minimum atomic E-state index is -3.18. The number of nitrogens with one attached hydrogen (secondary N) is 1. The van der Waals surface area contributed by atoms with Gasteiger partial charge in [-0.1, -0.05) is 6.92 Å². The van der Waals surface area contributed by atoms with Gasteiger partial charge >= 0.3 is 13.5 Å². The van der Waals surface area contributed by atoms with E-state index >= 15 is 0 Å². The fraction of sp³-hybridized carbons (Fsp3) is 0.364. The van der Waals surface area contributed by atoms with Crippen molar-refractivity contribution in [2.75, 3.05) is 19.8 Å². The zero-order valence-corrected chi connectivity index (χ0v) is 11.1. The van der Waals surface area contributed by atoms with Gasteiger partial charge in [0.1, 0.15) is 18.1 Å². The number of benzene rings is 1. The number of halogens is 1. The summed E-state index contributed by atoms with van der Waals surface area (Å²) >= 11 is 0. The van der Waals surface area contributed by atoms with E-state index < -0.39 is 19.3 Å². The lowest BCUT2D eigenvalue weighted by Crippen LogP contribution is -2.24. The van der Waals surface area contributed by atoms with Crippen molar-refractivity contribution in [2.45, 2.75) is 6.92 Å². The van der Waals surface area contributed by atoms with Gasteiger partial charge in [-0.15, -0.1) is 0 Å². The molecule has 1 atom stereocenters. The molecular formula is C11H15FNO4P. The zero-order chi connectivity index (χ0) is 13.6. The van der Waals surface area contributed by atoms with Crippen molar-refractivity contribution in [3.8, 4) is 5.75 Å². The maximum absolute atomic E-state index is 12.7. The lowest BCUT2D eigenvalue weighted by molar-refractivity contribution is -0.139. The van der Waals surface area contributed by atoms with Gasteiger partial charge in [-0.25, -0.2) is 9.48 Å². The first-order valence-corrected chi connectivity index (χ1v) is 7.16. The van der Waals surface area contributed by atoms with Crippen LogP contribution in [0.5, 0.6) is 5.75 Å². The molecule has 1 aromatic rings. The van der Waals surface area contributed by atoms with Gasteiger partial charge in [-0.2, -0.15) is 0 Å². The van der Waals surface area contributed by atoms with Gasteiger partial charge in [-0.05, 0) is 24.3 Å². The summed E-state index contributed by atoms with van der Waals surface area (Å²) in [5.74, 6) is -0.665. The van der Waals surface area contributed by atoms with E-state index in [4.69, 9.17) is 4.52 Å². The molecule has 100 valence electrons. The van der Waals surface area contributed by atoms with Crippen molar-refractivity contribution >= 4 is 13.5 Å². The Labute approximate surface area is 105 Å².